The maximum atomic E-state index is 10.7. The molecule has 0 aromatic heterocycles. The molecule has 1 aromatic carbocycles. The summed E-state index contributed by atoms with van der Waals surface area (Å²) in [6.45, 7) is 5.80. The number of methoxy groups -OCH3 is 2. The minimum atomic E-state index is -0.994. The number of ether oxygens (including phenoxy) is 2. The van der Waals surface area contributed by atoms with Crippen LogP contribution in [0.15, 0.2) is 42.0 Å². The molecule has 4 heteroatoms. The molecule has 1 aromatic rings. The summed E-state index contributed by atoms with van der Waals surface area (Å²) in [6, 6.07) is 5.53. The van der Waals surface area contributed by atoms with Gasteiger partial charge in [-0.05, 0) is 49.1 Å². The molecular formula is C18H24O4. The predicted octanol–water partition coefficient (Wildman–Crippen LogP) is 2.81. The molecule has 1 aliphatic carbocycles. The lowest BCUT2D eigenvalue weighted by Crippen LogP contribution is -2.29. The van der Waals surface area contributed by atoms with Crippen LogP contribution in [0.1, 0.15) is 31.2 Å². The number of benzene rings is 1. The number of aliphatic hydroxyl groups excluding tert-OH is 1. The third-order valence-electron chi connectivity index (χ3n) is 4.38. The molecule has 0 amide bonds. The van der Waals surface area contributed by atoms with Gasteiger partial charge in [-0.1, -0.05) is 12.7 Å². The summed E-state index contributed by atoms with van der Waals surface area (Å²) in [4.78, 5) is 0. The molecule has 22 heavy (non-hydrogen) atoms. The largest absolute Gasteiger partial charge is 0.497 e. The zero-order valence-electron chi connectivity index (χ0n) is 13.4. The Morgan fingerprint density at radius 1 is 1.32 bits per heavy atom. The highest BCUT2D eigenvalue weighted by atomic mass is 16.5. The maximum Gasteiger partial charge on any atom is 0.123 e. The summed E-state index contributed by atoms with van der Waals surface area (Å²) in [5, 5.41) is 20.4. The molecule has 0 bridgehead atoms. The number of allylic oxidation sites excluding steroid dienone is 1. The van der Waals surface area contributed by atoms with Crippen molar-refractivity contribution in [2.75, 3.05) is 20.8 Å². The van der Waals surface area contributed by atoms with E-state index in [9.17, 15) is 10.2 Å². The lowest BCUT2D eigenvalue weighted by Gasteiger charge is -2.31. The molecule has 0 heterocycles. The minimum Gasteiger partial charge on any atom is -0.497 e. The Labute approximate surface area is 131 Å². The van der Waals surface area contributed by atoms with E-state index in [1.165, 1.54) is 0 Å². The van der Waals surface area contributed by atoms with Crippen LogP contribution < -0.4 is 9.47 Å². The number of aliphatic hydroxyl groups is 2. The molecular weight excluding hydrogens is 280 g/mol. The molecule has 0 spiro atoms. The highest BCUT2D eigenvalue weighted by molar-refractivity contribution is 5.51. The van der Waals surface area contributed by atoms with Gasteiger partial charge in [0.05, 0.1) is 26.4 Å². The van der Waals surface area contributed by atoms with Crippen LogP contribution in [0.3, 0.4) is 0 Å². The van der Waals surface area contributed by atoms with E-state index in [1.54, 1.807) is 21.1 Å². The first-order valence-corrected chi connectivity index (χ1v) is 7.38. The third-order valence-corrected chi connectivity index (χ3v) is 4.38. The normalized spacial score (nSPS) is 25.4. The molecule has 0 saturated carbocycles. The Bertz CT molecular complexity index is 587. The summed E-state index contributed by atoms with van der Waals surface area (Å²) in [7, 11) is 3.21. The fourth-order valence-corrected chi connectivity index (χ4v) is 2.96. The van der Waals surface area contributed by atoms with Crippen molar-refractivity contribution in [1.82, 2.24) is 0 Å². The monoisotopic (exact) mass is 304 g/mol. The molecule has 2 atom stereocenters. The standard InChI is InChI=1S/C18H24O4/c1-12-17(13(11-19)6-5-9-18(12,2)20)15-10-14(21-3)7-8-16(15)22-4/h6-8,10,17,19-20H,1,5,9,11H2,2-4H3/t17-,18-/m1/s1. The fourth-order valence-electron chi connectivity index (χ4n) is 2.96. The van der Waals surface area contributed by atoms with E-state index in [0.29, 0.717) is 29.9 Å². The van der Waals surface area contributed by atoms with Gasteiger partial charge in [0.1, 0.15) is 11.5 Å². The molecule has 0 unspecified atom stereocenters. The van der Waals surface area contributed by atoms with E-state index in [4.69, 9.17) is 9.47 Å². The maximum absolute atomic E-state index is 10.7. The first kappa shape index (κ1) is 16.6. The van der Waals surface area contributed by atoms with Crippen LogP contribution in [0.4, 0.5) is 0 Å². The van der Waals surface area contributed by atoms with Crippen molar-refractivity contribution in [3.05, 3.63) is 47.6 Å². The Morgan fingerprint density at radius 3 is 2.64 bits per heavy atom. The molecule has 2 rings (SSSR count). The predicted molar refractivity (Wildman–Crippen MR) is 86.5 cm³/mol. The molecule has 0 aliphatic heterocycles. The Morgan fingerprint density at radius 2 is 2.05 bits per heavy atom. The van der Waals surface area contributed by atoms with E-state index in [1.807, 2.05) is 24.3 Å². The molecule has 0 fully saturated rings. The zero-order chi connectivity index (χ0) is 16.3. The van der Waals surface area contributed by atoms with Gasteiger partial charge in [-0.15, -0.1) is 0 Å². The van der Waals surface area contributed by atoms with Gasteiger partial charge >= 0.3 is 0 Å². The summed E-state index contributed by atoms with van der Waals surface area (Å²) < 4.78 is 10.8. The van der Waals surface area contributed by atoms with Crippen LogP contribution in [-0.2, 0) is 0 Å². The van der Waals surface area contributed by atoms with E-state index in [2.05, 4.69) is 6.58 Å². The summed E-state index contributed by atoms with van der Waals surface area (Å²) in [5.41, 5.74) is 1.34. The lowest BCUT2D eigenvalue weighted by molar-refractivity contribution is 0.0872. The van der Waals surface area contributed by atoms with Gasteiger partial charge in [0.2, 0.25) is 0 Å². The van der Waals surface area contributed by atoms with Crippen LogP contribution in [-0.4, -0.2) is 36.6 Å². The van der Waals surface area contributed by atoms with Crippen molar-refractivity contribution < 1.29 is 19.7 Å². The highest BCUT2D eigenvalue weighted by Gasteiger charge is 2.35. The molecule has 120 valence electrons. The second-order valence-corrected chi connectivity index (χ2v) is 5.82. The van der Waals surface area contributed by atoms with Gasteiger partial charge in [0.15, 0.2) is 0 Å². The van der Waals surface area contributed by atoms with Crippen LogP contribution in [0.2, 0.25) is 0 Å². The lowest BCUT2D eigenvalue weighted by atomic mass is 9.78. The number of rotatable bonds is 4. The Kier molecular flexibility index (Phi) is 4.94. The van der Waals surface area contributed by atoms with Crippen molar-refractivity contribution in [2.24, 2.45) is 0 Å². The van der Waals surface area contributed by atoms with Crippen molar-refractivity contribution in [1.29, 1.82) is 0 Å². The van der Waals surface area contributed by atoms with Crippen molar-refractivity contribution in [2.45, 2.75) is 31.3 Å². The topological polar surface area (TPSA) is 58.9 Å². The zero-order valence-corrected chi connectivity index (χ0v) is 13.4. The second-order valence-electron chi connectivity index (χ2n) is 5.82. The van der Waals surface area contributed by atoms with Gasteiger partial charge in [0.25, 0.3) is 0 Å². The average molecular weight is 304 g/mol. The smallest absolute Gasteiger partial charge is 0.123 e. The van der Waals surface area contributed by atoms with Gasteiger partial charge in [-0.3, -0.25) is 0 Å². The SMILES string of the molecule is C=C1[C@@H](c2cc(OC)ccc2OC)C(CO)=CCC[C@@]1(C)O. The Balaban J connectivity index is 2.61. The molecule has 2 N–H and O–H groups in total. The highest BCUT2D eigenvalue weighted by Crippen LogP contribution is 2.45. The molecule has 0 saturated heterocycles. The minimum absolute atomic E-state index is 0.0832. The third kappa shape index (κ3) is 3.03. The Hall–Kier alpha value is -1.78. The van der Waals surface area contributed by atoms with Gasteiger partial charge in [0, 0.05) is 11.5 Å². The summed E-state index contributed by atoms with van der Waals surface area (Å²) >= 11 is 0. The van der Waals surface area contributed by atoms with Crippen LogP contribution in [0.25, 0.3) is 0 Å². The molecule has 4 nitrogen and oxygen atoms in total. The van der Waals surface area contributed by atoms with E-state index in [0.717, 1.165) is 11.1 Å². The summed E-state index contributed by atoms with van der Waals surface area (Å²) in [5.74, 6) is 1.08. The van der Waals surface area contributed by atoms with Crippen molar-refractivity contribution in [3.8, 4) is 11.5 Å². The number of hydrogen-bond donors (Lipinski definition) is 2. The first-order chi connectivity index (χ1) is 10.4. The average Bonchev–Trinajstić information content (AvgIpc) is 2.63. The van der Waals surface area contributed by atoms with Crippen molar-refractivity contribution >= 4 is 0 Å². The van der Waals surface area contributed by atoms with Crippen molar-refractivity contribution in [3.63, 3.8) is 0 Å². The number of hydrogen-bond acceptors (Lipinski definition) is 4. The van der Waals surface area contributed by atoms with Gasteiger partial charge < -0.3 is 19.7 Å². The molecule has 0 radical (unpaired) electrons. The van der Waals surface area contributed by atoms with E-state index in [-0.39, 0.29) is 12.5 Å². The van der Waals surface area contributed by atoms with E-state index < -0.39 is 5.60 Å². The second kappa shape index (κ2) is 6.55. The quantitative estimate of drug-likeness (QED) is 0.840. The van der Waals surface area contributed by atoms with Crippen LogP contribution in [0.5, 0.6) is 11.5 Å². The van der Waals surface area contributed by atoms with E-state index >= 15 is 0 Å². The van der Waals surface area contributed by atoms with Crippen LogP contribution >= 0.6 is 0 Å². The van der Waals surface area contributed by atoms with Gasteiger partial charge in [-0.25, -0.2) is 0 Å². The summed E-state index contributed by atoms with van der Waals surface area (Å²) in [6.07, 6.45) is 3.26. The molecule has 1 aliphatic rings. The first-order valence-electron chi connectivity index (χ1n) is 7.38. The van der Waals surface area contributed by atoms with Gasteiger partial charge in [-0.2, -0.15) is 0 Å². The fraction of sp³-hybridized carbons (Fsp3) is 0.444. The van der Waals surface area contributed by atoms with Crippen LogP contribution in [0, 0.1) is 0 Å².